The number of hydrogen-bond acceptors (Lipinski definition) is 2. The van der Waals surface area contributed by atoms with Gasteiger partial charge in [0.05, 0.1) is 6.10 Å². The monoisotopic (exact) mass is 219 g/mol. The molecule has 3 atom stereocenters. The van der Waals surface area contributed by atoms with Gasteiger partial charge in [-0.25, -0.2) is 0 Å². The molecule has 0 saturated heterocycles. The third-order valence-corrected chi connectivity index (χ3v) is 3.88. The standard InChI is InChI=1S/C14H21NO/c1-3-10(2)14(16)12-8-4-6-11-7-5-9-15-13(11)12/h5,7,9-10,12,14,16H,3-4,6,8H2,1-2H3. The van der Waals surface area contributed by atoms with Crippen LogP contribution in [0.2, 0.25) is 0 Å². The second kappa shape index (κ2) is 4.96. The van der Waals surface area contributed by atoms with Crippen molar-refractivity contribution in [1.82, 2.24) is 4.98 Å². The fraction of sp³-hybridized carbons (Fsp3) is 0.643. The van der Waals surface area contributed by atoms with Gasteiger partial charge in [-0.05, 0) is 36.8 Å². The van der Waals surface area contributed by atoms with E-state index in [2.05, 4.69) is 24.9 Å². The van der Waals surface area contributed by atoms with Gasteiger partial charge < -0.3 is 5.11 Å². The molecule has 1 aromatic heterocycles. The van der Waals surface area contributed by atoms with E-state index in [1.165, 1.54) is 12.0 Å². The Bertz CT molecular complexity index is 350. The van der Waals surface area contributed by atoms with Crippen LogP contribution in [0.5, 0.6) is 0 Å². The third kappa shape index (κ3) is 2.12. The van der Waals surface area contributed by atoms with Crippen LogP contribution in [0, 0.1) is 5.92 Å². The van der Waals surface area contributed by atoms with Crippen molar-refractivity contribution < 1.29 is 5.11 Å². The summed E-state index contributed by atoms with van der Waals surface area (Å²) in [6, 6.07) is 4.15. The molecule has 0 saturated carbocycles. The molecule has 1 aliphatic rings. The fourth-order valence-electron chi connectivity index (χ4n) is 2.62. The fourth-order valence-corrected chi connectivity index (χ4v) is 2.62. The SMILES string of the molecule is CCC(C)C(O)C1CCCc2cccnc21. The summed E-state index contributed by atoms with van der Waals surface area (Å²) in [5.41, 5.74) is 2.47. The Labute approximate surface area is 97.7 Å². The highest BCUT2D eigenvalue weighted by atomic mass is 16.3. The minimum atomic E-state index is -0.237. The third-order valence-electron chi connectivity index (χ3n) is 3.88. The first-order chi connectivity index (χ1) is 7.74. The maximum absolute atomic E-state index is 10.3. The summed E-state index contributed by atoms with van der Waals surface area (Å²) in [6.07, 6.45) is 6.01. The number of aliphatic hydroxyl groups excluding tert-OH is 1. The average molecular weight is 219 g/mol. The lowest BCUT2D eigenvalue weighted by Crippen LogP contribution is -2.29. The first kappa shape index (κ1) is 11.6. The highest BCUT2D eigenvalue weighted by Crippen LogP contribution is 2.35. The van der Waals surface area contributed by atoms with E-state index in [-0.39, 0.29) is 12.0 Å². The number of aliphatic hydroxyl groups is 1. The topological polar surface area (TPSA) is 33.1 Å². The molecule has 2 rings (SSSR count). The molecule has 16 heavy (non-hydrogen) atoms. The van der Waals surface area contributed by atoms with Gasteiger partial charge in [-0.15, -0.1) is 0 Å². The lowest BCUT2D eigenvalue weighted by Gasteiger charge is -2.31. The first-order valence-corrected chi connectivity index (χ1v) is 6.36. The van der Waals surface area contributed by atoms with Crippen LogP contribution in [0.25, 0.3) is 0 Å². The molecule has 0 spiro atoms. The zero-order valence-corrected chi connectivity index (χ0v) is 10.2. The zero-order chi connectivity index (χ0) is 11.5. The Morgan fingerprint density at radius 3 is 3.12 bits per heavy atom. The normalized spacial score (nSPS) is 23.6. The van der Waals surface area contributed by atoms with Crippen LogP contribution >= 0.6 is 0 Å². The van der Waals surface area contributed by atoms with Gasteiger partial charge in [-0.1, -0.05) is 26.3 Å². The van der Waals surface area contributed by atoms with Crippen LogP contribution in [0.1, 0.15) is 50.3 Å². The van der Waals surface area contributed by atoms with E-state index in [1.54, 1.807) is 0 Å². The van der Waals surface area contributed by atoms with Crippen molar-refractivity contribution in [3.8, 4) is 0 Å². The van der Waals surface area contributed by atoms with Crippen LogP contribution in [0.4, 0.5) is 0 Å². The van der Waals surface area contributed by atoms with Gasteiger partial charge in [-0.3, -0.25) is 4.98 Å². The predicted octanol–water partition coefficient (Wildman–Crippen LogP) is 2.91. The smallest absolute Gasteiger partial charge is 0.0649 e. The number of nitrogens with zero attached hydrogens (tertiary/aromatic N) is 1. The summed E-state index contributed by atoms with van der Waals surface area (Å²) < 4.78 is 0. The number of fused-ring (bicyclic) bond motifs is 1. The van der Waals surface area contributed by atoms with Crippen molar-refractivity contribution in [2.24, 2.45) is 5.92 Å². The maximum atomic E-state index is 10.3. The molecular weight excluding hydrogens is 198 g/mol. The predicted molar refractivity (Wildman–Crippen MR) is 65.4 cm³/mol. The van der Waals surface area contributed by atoms with E-state index >= 15 is 0 Å². The lowest BCUT2D eigenvalue weighted by atomic mass is 9.79. The number of pyridine rings is 1. The molecule has 0 fully saturated rings. The molecule has 1 N–H and O–H groups in total. The van der Waals surface area contributed by atoms with Crippen LogP contribution in [0.3, 0.4) is 0 Å². The summed E-state index contributed by atoms with van der Waals surface area (Å²) in [7, 11) is 0. The van der Waals surface area contributed by atoms with Crippen molar-refractivity contribution in [1.29, 1.82) is 0 Å². The average Bonchev–Trinajstić information content (AvgIpc) is 2.36. The largest absolute Gasteiger partial charge is 0.392 e. The van der Waals surface area contributed by atoms with Crippen molar-refractivity contribution in [2.75, 3.05) is 0 Å². The van der Waals surface area contributed by atoms with Gasteiger partial charge in [0.1, 0.15) is 0 Å². The Morgan fingerprint density at radius 2 is 2.38 bits per heavy atom. The molecule has 2 nitrogen and oxygen atoms in total. The van der Waals surface area contributed by atoms with Crippen molar-refractivity contribution >= 4 is 0 Å². The molecular formula is C14H21NO. The Morgan fingerprint density at radius 1 is 1.56 bits per heavy atom. The van der Waals surface area contributed by atoms with Gasteiger partial charge >= 0.3 is 0 Å². The van der Waals surface area contributed by atoms with E-state index in [4.69, 9.17) is 0 Å². The van der Waals surface area contributed by atoms with Crippen LogP contribution in [0.15, 0.2) is 18.3 Å². The molecule has 1 heterocycles. The molecule has 1 aromatic rings. The Hall–Kier alpha value is -0.890. The van der Waals surface area contributed by atoms with Crippen molar-refractivity contribution in [3.63, 3.8) is 0 Å². The summed E-state index contributed by atoms with van der Waals surface area (Å²) in [5, 5.41) is 10.3. The maximum Gasteiger partial charge on any atom is 0.0649 e. The second-order valence-electron chi connectivity index (χ2n) is 4.92. The van der Waals surface area contributed by atoms with Gasteiger partial charge in [0.15, 0.2) is 0 Å². The summed E-state index contributed by atoms with van der Waals surface area (Å²) >= 11 is 0. The van der Waals surface area contributed by atoms with Crippen LogP contribution in [-0.4, -0.2) is 16.2 Å². The van der Waals surface area contributed by atoms with Crippen molar-refractivity contribution in [3.05, 3.63) is 29.6 Å². The molecule has 0 radical (unpaired) electrons. The van der Waals surface area contributed by atoms with Gasteiger partial charge in [0.2, 0.25) is 0 Å². The van der Waals surface area contributed by atoms with E-state index in [9.17, 15) is 5.11 Å². The molecule has 0 bridgehead atoms. The lowest BCUT2D eigenvalue weighted by molar-refractivity contribution is 0.0782. The molecule has 1 aliphatic carbocycles. The van der Waals surface area contributed by atoms with E-state index in [0.717, 1.165) is 25.0 Å². The summed E-state index contributed by atoms with van der Waals surface area (Å²) in [6.45, 7) is 4.26. The second-order valence-corrected chi connectivity index (χ2v) is 4.92. The number of aromatic nitrogens is 1. The zero-order valence-electron chi connectivity index (χ0n) is 10.2. The van der Waals surface area contributed by atoms with E-state index in [0.29, 0.717) is 5.92 Å². The van der Waals surface area contributed by atoms with E-state index in [1.807, 2.05) is 12.3 Å². The highest BCUT2D eigenvalue weighted by Gasteiger charge is 2.30. The summed E-state index contributed by atoms with van der Waals surface area (Å²) in [5.74, 6) is 0.609. The number of rotatable bonds is 3. The Kier molecular flexibility index (Phi) is 3.59. The molecule has 2 heteroatoms. The van der Waals surface area contributed by atoms with Gasteiger partial charge in [-0.2, -0.15) is 0 Å². The minimum absolute atomic E-state index is 0.237. The molecule has 0 aliphatic heterocycles. The Balaban J connectivity index is 2.24. The first-order valence-electron chi connectivity index (χ1n) is 6.36. The highest BCUT2D eigenvalue weighted by molar-refractivity contribution is 5.27. The summed E-state index contributed by atoms with van der Waals surface area (Å²) in [4.78, 5) is 4.48. The molecule has 0 amide bonds. The number of aryl methyl sites for hydroxylation is 1. The molecule has 88 valence electrons. The molecule has 3 unspecified atom stereocenters. The van der Waals surface area contributed by atoms with E-state index < -0.39 is 0 Å². The van der Waals surface area contributed by atoms with Crippen LogP contribution < -0.4 is 0 Å². The van der Waals surface area contributed by atoms with Gasteiger partial charge in [0.25, 0.3) is 0 Å². The molecule has 0 aromatic carbocycles. The quantitative estimate of drug-likeness (QED) is 0.848. The number of hydrogen-bond donors (Lipinski definition) is 1. The minimum Gasteiger partial charge on any atom is -0.392 e. The van der Waals surface area contributed by atoms with Crippen molar-refractivity contribution in [2.45, 2.75) is 51.6 Å². The van der Waals surface area contributed by atoms with Gasteiger partial charge in [0, 0.05) is 17.8 Å². The van der Waals surface area contributed by atoms with Crippen LogP contribution in [-0.2, 0) is 6.42 Å².